The Balaban J connectivity index is 3.32. The van der Waals surface area contributed by atoms with Crippen LogP contribution in [-0.4, -0.2) is 67.8 Å². The van der Waals surface area contributed by atoms with Crippen LogP contribution in [0, 0.1) is 0 Å². The van der Waals surface area contributed by atoms with Gasteiger partial charge in [-0.1, -0.05) is 19.8 Å². The minimum absolute atomic E-state index is 0.0976. The number of rotatable bonds is 10. The van der Waals surface area contributed by atoms with E-state index in [0.29, 0.717) is 6.42 Å². The number of carbonyl (C=O) groups excluding carboxylic acids is 4. The van der Waals surface area contributed by atoms with Crippen molar-refractivity contribution in [1.82, 2.24) is 0 Å². The number of hydrogen-bond acceptors (Lipinski definition) is 10. The molecule has 0 aliphatic carbocycles. The standard InChI is InChI=1S/C19H30O10/c1-6-7-8-9-24-19-18(28-14(5)23)17(27-13(4)22)16(26-12(3)21)15(29-19)10-25-11(2)20/h15-19H,6-10H2,1-5H3/t15-,16-,17+,18-,19-/m1/s1/i19D. The highest BCUT2D eigenvalue weighted by molar-refractivity contribution is 5.68. The van der Waals surface area contributed by atoms with Gasteiger partial charge in [0.15, 0.2) is 24.6 Å². The van der Waals surface area contributed by atoms with E-state index in [-0.39, 0.29) is 6.61 Å². The maximum absolute atomic E-state index is 11.7. The topological polar surface area (TPSA) is 124 Å². The fourth-order valence-corrected chi connectivity index (χ4v) is 2.72. The molecule has 1 fully saturated rings. The zero-order valence-corrected chi connectivity index (χ0v) is 17.4. The molecule has 1 heterocycles. The molecule has 0 aromatic rings. The highest BCUT2D eigenvalue weighted by Gasteiger charge is 2.52. The van der Waals surface area contributed by atoms with E-state index in [1.54, 1.807) is 0 Å². The molecule has 5 atom stereocenters. The van der Waals surface area contributed by atoms with E-state index in [2.05, 4.69) is 0 Å². The summed E-state index contributed by atoms with van der Waals surface area (Å²) in [6.07, 6.45) is -5.46. The quantitative estimate of drug-likeness (QED) is 0.290. The molecule has 0 radical (unpaired) electrons. The lowest BCUT2D eigenvalue weighted by Crippen LogP contribution is -2.63. The van der Waals surface area contributed by atoms with Gasteiger partial charge >= 0.3 is 23.9 Å². The van der Waals surface area contributed by atoms with Crippen molar-refractivity contribution in [1.29, 1.82) is 0 Å². The van der Waals surface area contributed by atoms with Crippen LogP contribution in [0.15, 0.2) is 0 Å². The summed E-state index contributed by atoms with van der Waals surface area (Å²) in [4.78, 5) is 46.3. The minimum atomic E-state index is -2.29. The Morgan fingerprint density at radius 1 is 0.828 bits per heavy atom. The summed E-state index contributed by atoms with van der Waals surface area (Å²) >= 11 is 0. The first kappa shape index (κ1) is 23.1. The Hall–Kier alpha value is -2.20. The normalized spacial score (nSPS) is 29.3. The van der Waals surface area contributed by atoms with Crippen LogP contribution in [0.5, 0.6) is 0 Å². The SMILES string of the molecule is [2H][C@@]1(OCCCCC)O[C@H](COC(C)=O)[C@@H](OC(C)=O)[C@H](OC(C)=O)[C@H]1OC(C)=O. The van der Waals surface area contributed by atoms with Crippen LogP contribution in [0.3, 0.4) is 0 Å². The van der Waals surface area contributed by atoms with Crippen LogP contribution in [-0.2, 0) is 47.6 Å². The molecule has 0 aromatic heterocycles. The van der Waals surface area contributed by atoms with Crippen molar-refractivity contribution in [2.75, 3.05) is 13.2 Å². The summed E-state index contributed by atoms with van der Waals surface area (Å²) in [5.41, 5.74) is 0. The van der Waals surface area contributed by atoms with Crippen LogP contribution in [0.25, 0.3) is 0 Å². The first-order valence-electron chi connectivity index (χ1n) is 9.97. The largest absolute Gasteiger partial charge is 0.463 e. The molecule has 166 valence electrons. The van der Waals surface area contributed by atoms with Gasteiger partial charge in [-0.25, -0.2) is 0 Å². The zero-order chi connectivity index (χ0) is 22.9. The van der Waals surface area contributed by atoms with Crippen molar-refractivity contribution in [3.05, 3.63) is 0 Å². The second-order valence-electron chi connectivity index (χ2n) is 6.51. The molecule has 10 heteroatoms. The first-order chi connectivity index (χ1) is 14.0. The second-order valence-corrected chi connectivity index (χ2v) is 6.51. The molecular weight excluding hydrogens is 388 g/mol. The zero-order valence-electron chi connectivity index (χ0n) is 18.4. The maximum atomic E-state index is 11.7. The third-order valence-electron chi connectivity index (χ3n) is 3.83. The summed E-state index contributed by atoms with van der Waals surface area (Å²) in [6.45, 7) is 6.19. The predicted molar refractivity (Wildman–Crippen MR) is 97.4 cm³/mol. The molecule has 0 unspecified atom stereocenters. The third kappa shape index (κ3) is 8.78. The van der Waals surface area contributed by atoms with Crippen LogP contribution in [0.4, 0.5) is 0 Å². The summed E-state index contributed by atoms with van der Waals surface area (Å²) in [6, 6.07) is 0. The lowest BCUT2D eigenvalue weighted by atomic mass is 9.98. The van der Waals surface area contributed by atoms with Crippen LogP contribution in [0.2, 0.25) is 0 Å². The Morgan fingerprint density at radius 2 is 1.38 bits per heavy atom. The van der Waals surface area contributed by atoms with Gasteiger partial charge in [0.05, 0.1) is 1.37 Å². The minimum Gasteiger partial charge on any atom is -0.463 e. The van der Waals surface area contributed by atoms with Gasteiger partial charge in [-0.3, -0.25) is 19.2 Å². The number of unbranched alkanes of at least 4 members (excludes halogenated alkanes) is 2. The lowest BCUT2D eigenvalue weighted by Gasteiger charge is -2.44. The number of carbonyl (C=O) groups is 4. The van der Waals surface area contributed by atoms with Gasteiger partial charge in [0, 0.05) is 34.3 Å². The van der Waals surface area contributed by atoms with Gasteiger partial charge < -0.3 is 28.4 Å². The monoisotopic (exact) mass is 419 g/mol. The van der Waals surface area contributed by atoms with E-state index in [1.165, 1.54) is 6.92 Å². The van der Waals surface area contributed by atoms with Crippen molar-refractivity contribution < 1.29 is 49.0 Å². The van der Waals surface area contributed by atoms with Crippen molar-refractivity contribution in [2.45, 2.75) is 84.6 Å². The average molecular weight is 419 g/mol. The predicted octanol–water partition coefficient (Wildman–Crippen LogP) is 1.28. The lowest BCUT2D eigenvalue weighted by molar-refractivity contribution is -0.308. The molecule has 29 heavy (non-hydrogen) atoms. The Labute approximate surface area is 171 Å². The van der Waals surface area contributed by atoms with E-state index in [9.17, 15) is 19.2 Å². The van der Waals surface area contributed by atoms with E-state index in [4.69, 9.17) is 29.8 Å². The van der Waals surface area contributed by atoms with Gasteiger partial charge in [-0.15, -0.1) is 0 Å². The molecule has 0 saturated carbocycles. The molecule has 0 aromatic carbocycles. The molecule has 1 rings (SSSR count). The molecule has 0 amide bonds. The maximum Gasteiger partial charge on any atom is 0.303 e. The van der Waals surface area contributed by atoms with E-state index < -0.39 is 61.2 Å². The Bertz CT molecular complexity index is 624. The highest BCUT2D eigenvalue weighted by Crippen LogP contribution is 2.30. The van der Waals surface area contributed by atoms with Crippen LogP contribution in [0.1, 0.15) is 55.3 Å². The summed E-state index contributed by atoms with van der Waals surface area (Å²) < 4.78 is 40.6. The molecule has 0 bridgehead atoms. The molecule has 1 saturated heterocycles. The van der Waals surface area contributed by atoms with Gasteiger partial charge in [-0.2, -0.15) is 0 Å². The molecule has 10 nitrogen and oxygen atoms in total. The van der Waals surface area contributed by atoms with Crippen LogP contribution >= 0.6 is 0 Å². The van der Waals surface area contributed by atoms with Crippen LogP contribution < -0.4 is 0 Å². The fourth-order valence-electron chi connectivity index (χ4n) is 2.72. The van der Waals surface area contributed by atoms with Crippen molar-refractivity contribution in [3.8, 4) is 0 Å². The summed E-state index contributed by atoms with van der Waals surface area (Å²) in [5, 5.41) is 0. The third-order valence-corrected chi connectivity index (χ3v) is 3.83. The molecule has 1 aliphatic heterocycles. The Morgan fingerprint density at radius 3 is 1.90 bits per heavy atom. The average Bonchev–Trinajstić information content (AvgIpc) is 2.62. The molecular formula is C19H30O10. The Kier molecular flexibility index (Phi) is 9.85. The fraction of sp³-hybridized carbons (Fsp3) is 0.789. The van der Waals surface area contributed by atoms with Gasteiger partial charge in [-0.05, 0) is 6.42 Å². The van der Waals surface area contributed by atoms with E-state index >= 15 is 0 Å². The number of ether oxygens (including phenoxy) is 6. The number of esters is 4. The second kappa shape index (κ2) is 12.4. The van der Waals surface area contributed by atoms with Crippen molar-refractivity contribution in [3.63, 3.8) is 0 Å². The summed E-state index contributed by atoms with van der Waals surface area (Å²) in [5.74, 6) is -2.92. The number of hydrogen-bond donors (Lipinski definition) is 0. The van der Waals surface area contributed by atoms with Gasteiger partial charge in [0.25, 0.3) is 0 Å². The smallest absolute Gasteiger partial charge is 0.303 e. The van der Waals surface area contributed by atoms with Crippen molar-refractivity contribution >= 4 is 23.9 Å². The molecule has 0 spiro atoms. The van der Waals surface area contributed by atoms with E-state index in [1.807, 2.05) is 6.92 Å². The van der Waals surface area contributed by atoms with Crippen molar-refractivity contribution in [2.24, 2.45) is 0 Å². The molecule has 0 N–H and O–H groups in total. The summed E-state index contributed by atoms with van der Waals surface area (Å²) in [7, 11) is 0. The highest BCUT2D eigenvalue weighted by atomic mass is 16.7. The van der Waals surface area contributed by atoms with Gasteiger partial charge in [0.1, 0.15) is 12.7 Å². The van der Waals surface area contributed by atoms with Gasteiger partial charge in [0.2, 0.25) is 0 Å². The first-order valence-corrected chi connectivity index (χ1v) is 9.47. The molecule has 1 aliphatic rings. The van der Waals surface area contributed by atoms with E-state index in [0.717, 1.165) is 33.6 Å².